The monoisotopic (exact) mass is 330 g/mol. The van der Waals surface area contributed by atoms with E-state index in [2.05, 4.69) is 5.10 Å². The third kappa shape index (κ3) is 2.76. The minimum Gasteiger partial charge on any atom is -0.289 e. The number of aromatic nitrogens is 2. The number of allylic oxidation sites excluding steroid dienone is 1. The maximum absolute atomic E-state index is 13.5. The highest BCUT2D eigenvalue weighted by Gasteiger charge is 2.24. The lowest BCUT2D eigenvalue weighted by Gasteiger charge is -2.04. The minimum atomic E-state index is -2.25. The van der Waals surface area contributed by atoms with Gasteiger partial charge in [0.2, 0.25) is 5.82 Å². The lowest BCUT2D eigenvalue weighted by Crippen LogP contribution is -2.05. The molecule has 0 aliphatic rings. The molecule has 0 aliphatic heterocycles. The van der Waals surface area contributed by atoms with Crippen LogP contribution in [0.1, 0.15) is 27.3 Å². The van der Waals surface area contributed by atoms with Gasteiger partial charge < -0.3 is 0 Å². The zero-order valence-electron chi connectivity index (χ0n) is 12.3. The Balaban J connectivity index is 2.47. The maximum Gasteiger partial charge on any atom is 0.200 e. The summed E-state index contributed by atoms with van der Waals surface area (Å²) in [6.45, 7) is 3.17. The summed E-state index contributed by atoms with van der Waals surface area (Å²) >= 11 is 0. The molecule has 1 aromatic carbocycles. The number of rotatable bonds is 3. The lowest BCUT2D eigenvalue weighted by atomic mass is 10.1. The topological polar surface area (TPSA) is 34.9 Å². The molecular formula is C15H11F5N2O. The number of aryl methyl sites for hydroxylation is 2. The number of hydrogen-bond acceptors (Lipinski definition) is 2. The van der Waals surface area contributed by atoms with E-state index in [1.807, 2.05) is 0 Å². The van der Waals surface area contributed by atoms with Crippen LogP contribution in [0.3, 0.4) is 0 Å². The average molecular weight is 330 g/mol. The molecule has 0 spiro atoms. The standard InChI is InChI=1S/C15H11F5N2O/c1-6-10(7(2)22(3)21-6)9(23)5-4-8-11(16)13(18)15(20)14(19)12(8)17/h4-5H,1-3H3/b5-4+. The SMILES string of the molecule is Cc1nn(C)c(C)c1C(=O)/C=C/c1c(F)c(F)c(F)c(F)c1F. The number of hydrogen-bond donors (Lipinski definition) is 0. The van der Waals surface area contributed by atoms with Crippen molar-refractivity contribution >= 4 is 11.9 Å². The highest BCUT2D eigenvalue weighted by Crippen LogP contribution is 2.24. The quantitative estimate of drug-likeness (QED) is 0.283. The second kappa shape index (κ2) is 5.94. The Hall–Kier alpha value is -2.51. The molecule has 0 unspecified atom stereocenters. The molecule has 0 bridgehead atoms. The molecule has 3 nitrogen and oxygen atoms in total. The van der Waals surface area contributed by atoms with E-state index in [1.54, 1.807) is 20.9 Å². The van der Waals surface area contributed by atoms with Crippen LogP contribution in [-0.2, 0) is 7.05 Å². The van der Waals surface area contributed by atoms with E-state index in [-0.39, 0.29) is 5.56 Å². The van der Waals surface area contributed by atoms with E-state index < -0.39 is 40.4 Å². The van der Waals surface area contributed by atoms with Crippen molar-refractivity contribution in [3.8, 4) is 0 Å². The van der Waals surface area contributed by atoms with Gasteiger partial charge in [-0.1, -0.05) is 0 Å². The molecule has 0 amide bonds. The second-order valence-electron chi connectivity index (χ2n) is 4.85. The maximum atomic E-state index is 13.5. The van der Waals surface area contributed by atoms with Gasteiger partial charge in [0.15, 0.2) is 29.1 Å². The molecule has 122 valence electrons. The number of carbonyl (C=O) groups is 1. The first-order valence-corrected chi connectivity index (χ1v) is 6.40. The minimum absolute atomic E-state index is 0.202. The van der Waals surface area contributed by atoms with Gasteiger partial charge in [-0.05, 0) is 26.0 Å². The van der Waals surface area contributed by atoms with E-state index in [9.17, 15) is 26.7 Å². The van der Waals surface area contributed by atoms with Crippen LogP contribution in [0.15, 0.2) is 6.08 Å². The Bertz CT molecular complexity index is 810. The summed E-state index contributed by atoms with van der Waals surface area (Å²) in [5.74, 6) is -11.0. The van der Waals surface area contributed by atoms with Crippen molar-refractivity contribution in [2.45, 2.75) is 13.8 Å². The van der Waals surface area contributed by atoms with Gasteiger partial charge in [0, 0.05) is 12.7 Å². The Morgan fingerprint density at radius 2 is 1.43 bits per heavy atom. The van der Waals surface area contributed by atoms with Crippen molar-refractivity contribution in [1.29, 1.82) is 0 Å². The molecule has 2 aromatic rings. The van der Waals surface area contributed by atoms with Crippen molar-refractivity contribution in [1.82, 2.24) is 9.78 Å². The van der Waals surface area contributed by atoms with E-state index in [4.69, 9.17) is 0 Å². The van der Waals surface area contributed by atoms with E-state index in [1.165, 1.54) is 4.68 Å². The van der Waals surface area contributed by atoms with Crippen LogP contribution in [0.25, 0.3) is 6.08 Å². The van der Waals surface area contributed by atoms with E-state index in [0.717, 1.165) is 6.08 Å². The Morgan fingerprint density at radius 3 is 1.87 bits per heavy atom. The molecule has 0 saturated heterocycles. The molecule has 23 heavy (non-hydrogen) atoms. The number of halogens is 5. The third-order valence-electron chi connectivity index (χ3n) is 3.40. The molecule has 1 heterocycles. The lowest BCUT2D eigenvalue weighted by molar-refractivity contribution is 0.104. The number of benzene rings is 1. The third-order valence-corrected chi connectivity index (χ3v) is 3.40. The molecule has 8 heteroatoms. The summed E-state index contributed by atoms with van der Waals surface area (Å²) in [6, 6.07) is 0. The summed E-state index contributed by atoms with van der Waals surface area (Å²) in [7, 11) is 1.60. The Morgan fingerprint density at radius 1 is 0.957 bits per heavy atom. The molecule has 0 saturated carbocycles. The first-order valence-electron chi connectivity index (χ1n) is 6.40. The van der Waals surface area contributed by atoms with Gasteiger partial charge in [-0.3, -0.25) is 9.48 Å². The van der Waals surface area contributed by atoms with Gasteiger partial charge in [-0.15, -0.1) is 0 Å². The largest absolute Gasteiger partial charge is 0.289 e. The van der Waals surface area contributed by atoms with Crippen molar-refractivity contribution in [2.75, 3.05) is 0 Å². The summed E-state index contributed by atoms with van der Waals surface area (Å²) < 4.78 is 67.6. The predicted molar refractivity (Wildman–Crippen MR) is 72.3 cm³/mol. The van der Waals surface area contributed by atoms with Crippen LogP contribution < -0.4 is 0 Å². The molecule has 0 fully saturated rings. The zero-order valence-corrected chi connectivity index (χ0v) is 12.3. The van der Waals surface area contributed by atoms with E-state index in [0.29, 0.717) is 17.5 Å². The van der Waals surface area contributed by atoms with Crippen LogP contribution in [-0.4, -0.2) is 15.6 Å². The molecule has 0 aliphatic carbocycles. The molecule has 0 radical (unpaired) electrons. The number of ketones is 1. The molecule has 0 atom stereocenters. The van der Waals surface area contributed by atoms with Crippen LogP contribution in [0.5, 0.6) is 0 Å². The zero-order chi connectivity index (χ0) is 17.5. The van der Waals surface area contributed by atoms with Crippen LogP contribution >= 0.6 is 0 Å². The fourth-order valence-electron chi connectivity index (χ4n) is 2.14. The van der Waals surface area contributed by atoms with Gasteiger partial charge in [0.05, 0.1) is 16.8 Å². The van der Waals surface area contributed by atoms with Crippen molar-refractivity contribution in [3.05, 3.63) is 57.7 Å². The van der Waals surface area contributed by atoms with Gasteiger partial charge in [-0.25, -0.2) is 22.0 Å². The predicted octanol–water partition coefficient (Wildman–Crippen LogP) is 3.63. The van der Waals surface area contributed by atoms with Gasteiger partial charge in [0.25, 0.3) is 0 Å². The molecule has 1 aromatic heterocycles. The van der Waals surface area contributed by atoms with E-state index >= 15 is 0 Å². The Labute approximate surface area is 128 Å². The summed E-state index contributed by atoms with van der Waals surface area (Å²) in [6.07, 6.45) is 1.31. The van der Waals surface area contributed by atoms with Gasteiger partial charge in [0.1, 0.15) is 0 Å². The second-order valence-corrected chi connectivity index (χ2v) is 4.85. The van der Waals surface area contributed by atoms with Crippen molar-refractivity contribution in [3.63, 3.8) is 0 Å². The average Bonchev–Trinajstić information content (AvgIpc) is 2.76. The fraction of sp³-hybridized carbons (Fsp3) is 0.200. The number of carbonyl (C=O) groups excluding carboxylic acids is 1. The fourth-order valence-corrected chi connectivity index (χ4v) is 2.14. The van der Waals surface area contributed by atoms with Crippen molar-refractivity contribution in [2.24, 2.45) is 7.05 Å². The summed E-state index contributed by atoms with van der Waals surface area (Å²) in [5, 5.41) is 4.01. The normalized spacial score (nSPS) is 11.5. The van der Waals surface area contributed by atoms with Crippen LogP contribution in [0, 0.1) is 42.9 Å². The molecular weight excluding hydrogens is 319 g/mol. The summed E-state index contributed by atoms with van der Waals surface area (Å²) in [5.41, 5.74) is -0.0757. The molecule has 2 rings (SSSR count). The summed E-state index contributed by atoms with van der Waals surface area (Å²) in [4.78, 5) is 12.1. The Kier molecular flexibility index (Phi) is 4.35. The van der Waals surface area contributed by atoms with Crippen LogP contribution in [0.4, 0.5) is 22.0 Å². The first-order chi connectivity index (χ1) is 10.7. The van der Waals surface area contributed by atoms with Crippen LogP contribution in [0.2, 0.25) is 0 Å². The molecule has 0 N–H and O–H groups in total. The van der Waals surface area contributed by atoms with Gasteiger partial charge in [-0.2, -0.15) is 5.10 Å². The van der Waals surface area contributed by atoms with Gasteiger partial charge >= 0.3 is 0 Å². The highest BCUT2D eigenvalue weighted by molar-refractivity contribution is 6.08. The highest BCUT2D eigenvalue weighted by atomic mass is 19.2. The number of nitrogens with zero attached hydrogens (tertiary/aromatic N) is 2. The van der Waals surface area contributed by atoms with Crippen molar-refractivity contribution < 1.29 is 26.7 Å². The first kappa shape index (κ1) is 16.9. The smallest absolute Gasteiger partial charge is 0.200 e.